The van der Waals surface area contributed by atoms with E-state index in [1.807, 2.05) is 0 Å². The number of benzene rings is 8. The first-order valence-electron chi connectivity index (χ1n) is 17.4. The summed E-state index contributed by atoms with van der Waals surface area (Å²) in [6.07, 6.45) is 0. The molecule has 50 heavy (non-hydrogen) atoms. The number of hydrogen-bond acceptors (Lipinski definition) is 1. The average molecular weight is 640 g/mol. The van der Waals surface area contributed by atoms with Gasteiger partial charge in [0.05, 0.1) is 0 Å². The molecule has 0 N–H and O–H groups in total. The van der Waals surface area contributed by atoms with Crippen LogP contribution in [-0.2, 0) is 5.41 Å². The molecule has 0 heterocycles. The van der Waals surface area contributed by atoms with Crippen molar-refractivity contribution in [2.75, 3.05) is 4.90 Å². The van der Waals surface area contributed by atoms with Crippen molar-refractivity contribution < 1.29 is 0 Å². The van der Waals surface area contributed by atoms with Gasteiger partial charge in [0.25, 0.3) is 0 Å². The highest BCUT2D eigenvalue weighted by Gasteiger charge is 2.36. The predicted molar refractivity (Wildman–Crippen MR) is 213 cm³/mol. The Bertz CT molecular complexity index is 2380. The summed E-state index contributed by atoms with van der Waals surface area (Å²) < 4.78 is 0. The van der Waals surface area contributed by atoms with Crippen LogP contribution in [-0.4, -0.2) is 0 Å². The first-order valence-corrected chi connectivity index (χ1v) is 17.4. The van der Waals surface area contributed by atoms with E-state index in [2.05, 4.69) is 207 Å². The van der Waals surface area contributed by atoms with Gasteiger partial charge in [0, 0.05) is 22.5 Å². The molecular weight excluding hydrogens is 603 g/mol. The van der Waals surface area contributed by atoms with Gasteiger partial charge in [0.2, 0.25) is 0 Å². The van der Waals surface area contributed by atoms with Crippen LogP contribution < -0.4 is 4.90 Å². The Labute approximate surface area is 294 Å². The van der Waals surface area contributed by atoms with E-state index in [1.165, 1.54) is 66.4 Å². The first-order chi connectivity index (χ1) is 24.5. The molecule has 8 aromatic carbocycles. The number of anilines is 3. The molecule has 0 bridgehead atoms. The Balaban J connectivity index is 1.19. The van der Waals surface area contributed by atoms with Crippen LogP contribution in [0.2, 0.25) is 0 Å². The zero-order valence-electron chi connectivity index (χ0n) is 28.3. The molecule has 1 nitrogen and oxygen atoms in total. The third-order valence-corrected chi connectivity index (χ3v) is 10.5. The molecule has 0 aromatic heterocycles. The van der Waals surface area contributed by atoms with Crippen molar-refractivity contribution in [1.82, 2.24) is 0 Å². The maximum atomic E-state index is 2.41. The van der Waals surface area contributed by atoms with Crippen molar-refractivity contribution in [3.05, 3.63) is 199 Å². The van der Waals surface area contributed by atoms with E-state index in [9.17, 15) is 0 Å². The highest BCUT2D eigenvalue weighted by atomic mass is 15.1. The van der Waals surface area contributed by atoms with Gasteiger partial charge in [0.1, 0.15) is 0 Å². The van der Waals surface area contributed by atoms with Crippen molar-refractivity contribution in [1.29, 1.82) is 0 Å². The minimum absolute atomic E-state index is 0.111. The van der Waals surface area contributed by atoms with E-state index in [0.29, 0.717) is 0 Å². The van der Waals surface area contributed by atoms with Gasteiger partial charge in [-0.15, -0.1) is 0 Å². The molecule has 0 saturated carbocycles. The largest absolute Gasteiger partial charge is 0.310 e. The standard InChI is InChI=1S/C49H37N/c1-49(2)46-31-24-39-22-29-43(33-45(39)48(46)44-30-23-40(32-47(44)49)36-16-10-5-11-17-36)50(41-25-18-37(19-26-41)34-12-6-3-7-13-34)42-27-20-38(21-28-42)35-14-8-4-9-15-35/h3-33H,1-2H3. The Kier molecular flexibility index (Phi) is 7.21. The van der Waals surface area contributed by atoms with Crippen LogP contribution in [0.15, 0.2) is 188 Å². The molecule has 0 amide bonds. The molecule has 9 rings (SSSR count). The van der Waals surface area contributed by atoms with Crippen LogP contribution in [0.1, 0.15) is 25.0 Å². The minimum atomic E-state index is -0.111. The molecular formula is C49H37N. The van der Waals surface area contributed by atoms with E-state index in [0.717, 1.165) is 17.1 Å². The second kappa shape index (κ2) is 12.1. The van der Waals surface area contributed by atoms with E-state index < -0.39 is 0 Å². The van der Waals surface area contributed by atoms with Gasteiger partial charge in [-0.05, 0) is 109 Å². The molecule has 0 atom stereocenters. The smallest absolute Gasteiger partial charge is 0.0468 e. The normalized spacial score (nSPS) is 12.8. The number of fused-ring (bicyclic) bond motifs is 5. The molecule has 0 aliphatic heterocycles. The van der Waals surface area contributed by atoms with Crippen LogP contribution >= 0.6 is 0 Å². The summed E-state index contributed by atoms with van der Waals surface area (Å²) in [4.78, 5) is 2.39. The van der Waals surface area contributed by atoms with Gasteiger partial charge >= 0.3 is 0 Å². The lowest BCUT2D eigenvalue weighted by Crippen LogP contribution is -2.15. The highest BCUT2D eigenvalue weighted by Crippen LogP contribution is 2.53. The lowest BCUT2D eigenvalue weighted by Gasteiger charge is -2.27. The second-order valence-corrected chi connectivity index (χ2v) is 13.8. The van der Waals surface area contributed by atoms with Crippen LogP contribution in [0.4, 0.5) is 17.1 Å². The molecule has 1 aliphatic carbocycles. The summed E-state index contributed by atoms with van der Waals surface area (Å²) in [5, 5.41) is 2.54. The zero-order chi connectivity index (χ0) is 33.7. The van der Waals surface area contributed by atoms with Crippen molar-refractivity contribution in [3.8, 4) is 44.5 Å². The third kappa shape index (κ3) is 5.11. The summed E-state index contributed by atoms with van der Waals surface area (Å²) in [7, 11) is 0. The maximum absolute atomic E-state index is 2.41. The molecule has 0 spiro atoms. The van der Waals surface area contributed by atoms with Crippen molar-refractivity contribution >= 4 is 27.8 Å². The lowest BCUT2D eigenvalue weighted by atomic mass is 9.81. The van der Waals surface area contributed by atoms with Gasteiger partial charge in [-0.1, -0.05) is 159 Å². The second-order valence-electron chi connectivity index (χ2n) is 13.8. The Morgan fingerprint density at radius 3 is 1.34 bits per heavy atom. The molecule has 0 radical (unpaired) electrons. The average Bonchev–Trinajstić information content (AvgIpc) is 3.42. The fraction of sp³-hybridized carbons (Fsp3) is 0.0612. The predicted octanol–water partition coefficient (Wildman–Crippen LogP) is 13.6. The van der Waals surface area contributed by atoms with Gasteiger partial charge in [0.15, 0.2) is 0 Å². The van der Waals surface area contributed by atoms with Crippen LogP contribution in [0.25, 0.3) is 55.3 Å². The summed E-state index contributed by atoms with van der Waals surface area (Å²) in [5.74, 6) is 0. The summed E-state index contributed by atoms with van der Waals surface area (Å²) >= 11 is 0. The molecule has 1 heteroatoms. The van der Waals surface area contributed by atoms with Gasteiger partial charge in [-0.2, -0.15) is 0 Å². The van der Waals surface area contributed by atoms with Gasteiger partial charge in [-0.25, -0.2) is 0 Å². The summed E-state index contributed by atoms with van der Waals surface area (Å²) in [6, 6.07) is 68.5. The topological polar surface area (TPSA) is 3.24 Å². The molecule has 0 fully saturated rings. The highest BCUT2D eigenvalue weighted by molar-refractivity contribution is 6.04. The summed E-state index contributed by atoms with van der Waals surface area (Å²) in [6.45, 7) is 4.74. The minimum Gasteiger partial charge on any atom is -0.310 e. The van der Waals surface area contributed by atoms with E-state index in [4.69, 9.17) is 0 Å². The zero-order valence-corrected chi connectivity index (χ0v) is 28.3. The van der Waals surface area contributed by atoms with Gasteiger partial charge < -0.3 is 4.90 Å². The Hall–Kier alpha value is -6.18. The molecule has 1 aliphatic rings. The monoisotopic (exact) mass is 639 g/mol. The van der Waals surface area contributed by atoms with Crippen LogP contribution in [0, 0.1) is 0 Å². The quantitative estimate of drug-likeness (QED) is 0.175. The Morgan fingerprint density at radius 2 is 0.800 bits per heavy atom. The first kappa shape index (κ1) is 29.9. The van der Waals surface area contributed by atoms with Gasteiger partial charge in [-0.3, -0.25) is 0 Å². The van der Waals surface area contributed by atoms with Crippen LogP contribution in [0.3, 0.4) is 0 Å². The third-order valence-electron chi connectivity index (χ3n) is 10.5. The number of nitrogens with zero attached hydrogens (tertiary/aromatic N) is 1. The number of rotatable bonds is 6. The van der Waals surface area contributed by atoms with E-state index in [1.54, 1.807) is 0 Å². The fourth-order valence-corrected chi connectivity index (χ4v) is 7.81. The fourth-order valence-electron chi connectivity index (χ4n) is 7.81. The molecule has 0 unspecified atom stereocenters. The van der Waals surface area contributed by atoms with E-state index >= 15 is 0 Å². The summed E-state index contributed by atoms with van der Waals surface area (Å²) in [5.41, 5.74) is 16.1. The molecule has 8 aromatic rings. The number of hydrogen-bond donors (Lipinski definition) is 0. The molecule has 238 valence electrons. The van der Waals surface area contributed by atoms with Crippen molar-refractivity contribution in [3.63, 3.8) is 0 Å². The van der Waals surface area contributed by atoms with E-state index in [-0.39, 0.29) is 5.41 Å². The SMILES string of the molecule is CC1(C)c2cc(-c3ccccc3)ccc2-c2c1ccc1ccc(N(c3ccc(-c4ccccc4)cc3)c3ccc(-c4ccccc4)cc3)cc21. The molecule has 0 saturated heterocycles. The van der Waals surface area contributed by atoms with Crippen molar-refractivity contribution in [2.24, 2.45) is 0 Å². The van der Waals surface area contributed by atoms with Crippen molar-refractivity contribution in [2.45, 2.75) is 19.3 Å². The van der Waals surface area contributed by atoms with Crippen LogP contribution in [0.5, 0.6) is 0 Å². The maximum Gasteiger partial charge on any atom is 0.0468 e. The lowest BCUT2D eigenvalue weighted by molar-refractivity contribution is 0.661. The Morgan fingerprint density at radius 1 is 0.360 bits per heavy atom.